The van der Waals surface area contributed by atoms with E-state index in [0.29, 0.717) is 5.95 Å². The smallest absolute Gasteiger partial charge is 0.323 e. The minimum Gasteiger partial charge on any atom is -0.461 e. The van der Waals surface area contributed by atoms with Crippen LogP contribution in [-0.2, 0) is 12.8 Å². The highest BCUT2D eigenvalue weighted by molar-refractivity contribution is 5.27. The van der Waals surface area contributed by atoms with Crippen LogP contribution in [0.2, 0.25) is 0 Å². The highest BCUT2D eigenvalue weighted by Gasteiger charge is 2.13. The molecule has 2 rings (SSSR count). The van der Waals surface area contributed by atoms with Crippen LogP contribution in [0.4, 0.5) is 5.95 Å². The van der Waals surface area contributed by atoms with Crippen LogP contribution in [0.1, 0.15) is 39.1 Å². The number of nitrogens with zero attached hydrogens (tertiary/aromatic N) is 5. The first-order valence-electron chi connectivity index (χ1n) is 6.79. The molecular weight excluding hydrogens is 256 g/mol. The van der Waals surface area contributed by atoms with Gasteiger partial charge in [0.2, 0.25) is 5.95 Å². The molecule has 2 aromatic heterocycles. The summed E-state index contributed by atoms with van der Waals surface area (Å²) in [5, 5.41) is 4.48. The number of hydrogen-bond acceptors (Lipinski definition) is 6. The highest BCUT2D eigenvalue weighted by atomic mass is 16.5. The van der Waals surface area contributed by atoms with Crippen LogP contribution < -0.4 is 10.5 Å². The Morgan fingerprint density at radius 1 is 1.20 bits per heavy atom. The molecule has 0 saturated carbocycles. The summed E-state index contributed by atoms with van der Waals surface area (Å²) < 4.78 is 7.18. The van der Waals surface area contributed by atoms with Crippen LogP contribution in [0.5, 0.6) is 6.01 Å². The first kappa shape index (κ1) is 14.2. The van der Waals surface area contributed by atoms with E-state index < -0.39 is 0 Å². The van der Waals surface area contributed by atoms with E-state index in [1.54, 1.807) is 4.68 Å². The number of rotatable bonds is 5. The Morgan fingerprint density at radius 3 is 2.55 bits per heavy atom. The summed E-state index contributed by atoms with van der Waals surface area (Å²) in [6, 6.07) is 2.27. The largest absolute Gasteiger partial charge is 0.461 e. The number of nitrogens with two attached hydrogens (primary N) is 1. The number of aromatic nitrogens is 5. The molecule has 108 valence electrons. The van der Waals surface area contributed by atoms with Crippen molar-refractivity contribution in [2.45, 2.75) is 46.6 Å². The number of aryl methyl sites for hydroxylation is 2. The van der Waals surface area contributed by atoms with Gasteiger partial charge in [-0.1, -0.05) is 13.8 Å². The quantitative estimate of drug-likeness (QED) is 0.890. The third-order valence-corrected chi connectivity index (χ3v) is 2.71. The van der Waals surface area contributed by atoms with Crippen LogP contribution in [0, 0.1) is 0 Å². The molecule has 0 unspecified atom stereocenters. The predicted octanol–water partition coefficient (Wildman–Crippen LogP) is 1.55. The van der Waals surface area contributed by atoms with Crippen molar-refractivity contribution in [2.24, 2.45) is 0 Å². The average molecular weight is 276 g/mol. The zero-order chi connectivity index (χ0) is 14.7. The van der Waals surface area contributed by atoms with Gasteiger partial charge in [0.1, 0.15) is 0 Å². The second-order valence-corrected chi connectivity index (χ2v) is 4.69. The van der Waals surface area contributed by atoms with E-state index >= 15 is 0 Å². The Kier molecular flexibility index (Phi) is 4.16. The minimum atomic E-state index is -0.0286. The van der Waals surface area contributed by atoms with E-state index in [-0.39, 0.29) is 18.1 Å². The van der Waals surface area contributed by atoms with Gasteiger partial charge in [-0.15, -0.1) is 0 Å². The zero-order valence-corrected chi connectivity index (χ0v) is 12.3. The zero-order valence-electron chi connectivity index (χ0n) is 12.3. The molecule has 2 heterocycles. The van der Waals surface area contributed by atoms with Crippen molar-refractivity contribution >= 4 is 5.95 Å². The van der Waals surface area contributed by atoms with Crippen molar-refractivity contribution in [3.8, 4) is 12.0 Å². The van der Waals surface area contributed by atoms with Gasteiger partial charge in [0.15, 0.2) is 0 Å². The Bertz CT molecular complexity index is 593. The number of nitrogen functional groups attached to an aromatic ring is 1. The number of anilines is 1. The lowest BCUT2D eigenvalue weighted by molar-refractivity contribution is 0.221. The monoisotopic (exact) mass is 276 g/mol. The van der Waals surface area contributed by atoms with Crippen LogP contribution >= 0.6 is 0 Å². The Balaban J connectivity index is 2.46. The maximum Gasteiger partial charge on any atom is 0.323 e. The maximum absolute atomic E-state index is 5.72. The van der Waals surface area contributed by atoms with Crippen LogP contribution in [0.3, 0.4) is 0 Å². The fourth-order valence-electron chi connectivity index (χ4n) is 1.79. The molecule has 0 bridgehead atoms. The molecule has 7 heteroatoms. The van der Waals surface area contributed by atoms with Gasteiger partial charge in [0.25, 0.3) is 5.95 Å². The molecule has 0 amide bonds. The van der Waals surface area contributed by atoms with Gasteiger partial charge in [-0.3, -0.25) is 0 Å². The summed E-state index contributed by atoms with van der Waals surface area (Å²) in [5.74, 6) is 0.519. The van der Waals surface area contributed by atoms with E-state index in [2.05, 4.69) is 33.9 Å². The van der Waals surface area contributed by atoms with Crippen LogP contribution in [0.25, 0.3) is 5.95 Å². The summed E-state index contributed by atoms with van der Waals surface area (Å²) >= 11 is 0. The summed E-state index contributed by atoms with van der Waals surface area (Å²) in [7, 11) is 0. The SMILES string of the molecule is CCc1cc(CC)n(-c2nc(N)nc(OC(C)C)n2)n1. The van der Waals surface area contributed by atoms with Gasteiger partial charge in [0.05, 0.1) is 11.8 Å². The molecule has 0 radical (unpaired) electrons. The molecule has 2 aromatic rings. The first-order chi connectivity index (χ1) is 9.53. The molecule has 2 N–H and O–H groups in total. The van der Waals surface area contributed by atoms with Crippen molar-refractivity contribution < 1.29 is 4.74 Å². The number of hydrogen-bond donors (Lipinski definition) is 1. The molecule has 0 saturated heterocycles. The van der Waals surface area contributed by atoms with Crippen molar-refractivity contribution in [1.29, 1.82) is 0 Å². The van der Waals surface area contributed by atoms with E-state index in [0.717, 1.165) is 24.2 Å². The van der Waals surface area contributed by atoms with Gasteiger partial charge < -0.3 is 10.5 Å². The first-order valence-corrected chi connectivity index (χ1v) is 6.79. The topological polar surface area (TPSA) is 91.7 Å². The number of ether oxygens (including phenoxy) is 1. The van der Waals surface area contributed by atoms with Gasteiger partial charge in [-0.05, 0) is 32.8 Å². The van der Waals surface area contributed by atoms with Crippen molar-refractivity contribution in [1.82, 2.24) is 24.7 Å². The lowest BCUT2D eigenvalue weighted by Gasteiger charge is -2.10. The Morgan fingerprint density at radius 2 is 1.95 bits per heavy atom. The second kappa shape index (κ2) is 5.85. The second-order valence-electron chi connectivity index (χ2n) is 4.69. The fourth-order valence-corrected chi connectivity index (χ4v) is 1.79. The summed E-state index contributed by atoms with van der Waals surface area (Å²) in [5.41, 5.74) is 7.74. The van der Waals surface area contributed by atoms with Gasteiger partial charge in [0, 0.05) is 5.69 Å². The molecule has 7 nitrogen and oxygen atoms in total. The summed E-state index contributed by atoms with van der Waals surface area (Å²) in [4.78, 5) is 12.4. The van der Waals surface area contributed by atoms with Crippen molar-refractivity contribution in [3.63, 3.8) is 0 Å². The van der Waals surface area contributed by atoms with Crippen LogP contribution in [-0.4, -0.2) is 30.8 Å². The molecule has 0 atom stereocenters. The lowest BCUT2D eigenvalue weighted by Crippen LogP contribution is -2.14. The molecule has 0 aliphatic carbocycles. The third-order valence-electron chi connectivity index (χ3n) is 2.71. The van der Waals surface area contributed by atoms with Gasteiger partial charge in [-0.25, -0.2) is 4.68 Å². The Hall–Kier alpha value is -2.18. The third kappa shape index (κ3) is 3.04. The van der Waals surface area contributed by atoms with E-state index in [1.165, 1.54) is 0 Å². The molecule has 0 aliphatic heterocycles. The standard InChI is InChI=1S/C13H20N6O/c1-5-9-7-10(6-2)19(18-9)12-15-11(14)16-13(17-12)20-8(3)4/h7-8H,5-6H2,1-4H3,(H2,14,15,16,17). The Labute approximate surface area is 118 Å². The molecule has 0 aromatic carbocycles. The average Bonchev–Trinajstić information content (AvgIpc) is 2.80. The van der Waals surface area contributed by atoms with Gasteiger partial charge >= 0.3 is 6.01 Å². The molecule has 20 heavy (non-hydrogen) atoms. The lowest BCUT2D eigenvalue weighted by atomic mass is 10.3. The minimum absolute atomic E-state index is 0.0286. The van der Waals surface area contributed by atoms with Crippen molar-refractivity contribution in [3.05, 3.63) is 17.5 Å². The van der Waals surface area contributed by atoms with Crippen LogP contribution in [0.15, 0.2) is 6.07 Å². The maximum atomic E-state index is 5.72. The molecule has 0 spiro atoms. The fraction of sp³-hybridized carbons (Fsp3) is 0.538. The predicted molar refractivity (Wildman–Crippen MR) is 75.9 cm³/mol. The van der Waals surface area contributed by atoms with E-state index in [1.807, 2.05) is 19.9 Å². The summed E-state index contributed by atoms with van der Waals surface area (Å²) in [6.07, 6.45) is 1.66. The molecule has 0 aliphatic rings. The molecular formula is C13H20N6O. The molecule has 0 fully saturated rings. The van der Waals surface area contributed by atoms with E-state index in [4.69, 9.17) is 10.5 Å². The highest BCUT2D eigenvalue weighted by Crippen LogP contribution is 2.14. The normalized spacial score (nSPS) is 11.1. The summed E-state index contributed by atoms with van der Waals surface area (Å²) in [6.45, 7) is 7.92. The van der Waals surface area contributed by atoms with Crippen molar-refractivity contribution in [2.75, 3.05) is 5.73 Å². The van der Waals surface area contributed by atoms with Gasteiger partial charge in [-0.2, -0.15) is 20.1 Å². The van der Waals surface area contributed by atoms with E-state index in [9.17, 15) is 0 Å².